The standard InChI is InChI=1S/C54H93N3O13/c1-7-11-15-19-23-29-46(58)65-39-53(5,40-66-47(59)30-24-20-16-12-8-2)43-69-50(62)33-27-36-56(52(64)57-38-35-55-45-57)37-28-34-51(63)70-44-54(6,41-67-48(60)31-25-21-17-13-9-3)42-68-49(61)32-26-22-18-14-10-4/h35,38,45H,7-34,36-37,39-44H2,1-6H3. The molecule has 16 heteroatoms. The first-order chi connectivity index (χ1) is 33.7. The molecule has 0 aromatic carbocycles. The number of carbonyl (C=O) groups is 7. The van der Waals surface area contributed by atoms with Crippen molar-refractivity contribution in [3.8, 4) is 0 Å². The molecular weight excluding hydrogens is 899 g/mol. The molecule has 1 rings (SSSR count). The minimum atomic E-state index is -0.975. The number of aromatic nitrogens is 2. The molecule has 70 heavy (non-hydrogen) atoms. The van der Waals surface area contributed by atoms with Crippen LogP contribution >= 0.6 is 0 Å². The quantitative estimate of drug-likeness (QED) is 0.0340. The molecular formula is C54H93N3O13. The van der Waals surface area contributed by atoms with Gasteiger partial charge in [-0.2, -0.15) is 0 Å². The van der Waals surface area contributed by atoms with Gasteiger partial charge in [0.05, 0.1) is 10.8 Å². The maximum atomic E-state index is 13.5. The first kappa shape index (κ1) is 63.5. The second-order valence-electron chi connectivity index (χ2n) is 19.7. The largest absolute Gasteiger partial charge is 0.465 e. The number of unbranched alkanes of at least 4 members (excludes halogenated alkanes) is 16. The van der Waals surface area contributed by atoms with Crippen LogP contribution in [-0.4, -0.2) is 109 Å². The number of rotatable bonds is 44. The molecule has 0 unspecified atom stereocenters. The Hall–Kier alpha value is -4.50. The summed E-state index contributed by atoms with van der Waals surface area (Å²) in [6.45, 7) is 11.7. The Labute approximate surface area is 420 Å². The monoisotopic (exact) mass is 992 g/mol. The maximum Gasteiger partial charge on any atom is 0.329 e. The molecule has 1 amide bonds. The van der Waals surface area contributed by atoms with Gasteiger partial charge in [0.15, 0.2) is 0 Å². The molecule has 0 radical (unpaired) electrons. The molecule has 0 spiro atoms. The van der Waals surface area contributed by atoms with Gasteiger partial charge in [0.2, 0.25) is 0 Å². The van der Waals surface area contributed by atoms with Gasteiger partial charge >= 0.3 is 41.8 Å². The van der Waals surface area contributed by atoms with Crippen LogP contribution in [0.1, 0.15) is 221 Å². The number of imidazole rings is 1. The summed E-state index contributed by atoms with van der Waals surface area (Å²) in [6, 6.07) is -0.391. The Bertz CT molecular complexity index is 1430. The summed E-state index contributed by atoms with van der Waals surface area (Å²) in [6.07, 6.45) is 25.6. The van der Waals surface area contributed by atoms with Crippen molar-refractivity contribution in [2.45, 2.75) is 221 Å². The molecule has 0 atom stereocenters. The highest BCUT2D eigenvalue weighted by molar-refractivity contribution is 5.77. The lowest BCUT2D eigenvalue weighted by Crippen LogP contribution is -2.38. The van der Waals surface area contributed by atoms with E-state index in [1.165, 1.54) is 28.2 Å². The van der Waals surface area contributed by atoms with Gasteiger partial charge < -0.3 is 33.3 Å². The van der Waals surface area contributed by atoms with E-state index in [1.807, 2.05) is 0 Å². The number of hydrogen-bond donors (Lipinski definition) is 0. The van der Waals surface area contributed by atoms with E-state index < -0.39 is 28.8 Å². The molecule has 0 saturated carbocycles. The summed E-state index contributed by atoms with van der Waals surface area (Å²) in [5.74, 6) is -2.48. The number of carbonyl (C=O) groups excluding carboxylic acids is 7. The Morgan fingerprint density at radius 2 is 0.657 bits per heavy atom. The number of nitrogens with zero attached hydrogens (tertiary/aromatic N) is 3. The average Bonchev–Trinajstić information content (AvgIpc) is 3.90. The van der Waals surface area contributed by atoms with E-state index in [9.17, 15) is 33.6 Å². The maximum absolute atomic E-state index is 13.5. The van der Waals surface area contributed by atoms with Gasteiger partial charge in [-0.3, -0.25) is 33.3 Å². The zero-order valence-electron chi connectivity index (χ0n) is 44.3. The fourth-order valence-electron chi connectivity index (χ4n) is 7.37. The lowest BCUT2D eigenvalue weighted by atomic mass is 9.94. The highest BCUT2D eigenvalue weighted by atomic mass is 16.6. The Morgan fingerprint density at radius 3 is 0.900 bits per heavy atom. The van der Waals surface area contributed by atoms with Crippen molar-refractivity contribution in [1.82, 2.24) is 14.5 Å². The summed E-state index contributed by atoms with van der Waals surface area (Å²) in [5, 5.41) is 0. The lowest BCUT2D eigenvalue weighted by Gasteiger charge is -2.28. The summed E-state index contributed by atoms with van der Waals surface area (Å²) >= 11 is 0. The third-order valence-corrected chi connectivity index (χ3v) is 12.0. The van der Waals surface area contributed by atoms with E-state index in [0.29, 0.717) is 0 Å². The first-order valence-electron chi connectivity index (χ1n) is 26.9. The molecule has 0 N–H and O–H groups in total. The first-order valence-corrected chi connectivity index (χ1v) is 26.9. The van der Waals surface area contributed by atoms with Gasteiger partial charge in [-0.25, -0.2) is 9.78 Å². The van der Waals surface area contributed by atoms with E-state index in [-0.39, 0.29) is 128 Å². The van der Waals surface area contributed by atoms with Gasteiger partial charge in [0.25, 0.3) is 0 Å². The number of hydrogen-bond acceptors (Lipinski definition) is 14. The van der Waals surface area contributed by atoms with Crippen molar-refractivity contribution in [3.63, 3.8) is 0 Å². The Kier molecular flexibility index (Phi) is 36.4. The highest BCUT2D eigenvalue weighted by Gasteiger charge is 2.32. The molecule has 1 heterocycles. The van der Waals surface area contributed by atoms with Gasteiger partial charge in [-0.05, 0) is 52.4 Å². The number of esters is 6. The van der Waals surface area contributed by atoms with Crippen molar-refractivity contribution in [3.05, 3.63) is 18.7 Å². The fourth-order valence-corrected chi connectivity index (χ4v) is 7.37. The van der Waals surface area contributed by atoms with Crippen LogP contribution in [0.3, 0.4) is 0 Å². The van der Waals surface area contributed by atoms with Gasteiger partial charge in [-0.15, -0.1) is 0 Å². The van der Waals surface area contributed by atoms with Gasteiger partial charge in [0.1, 0.15) is 46.0 Å². The zero-order valence-corrected chi connectivity index (χ0v) is 44.3. The average molecular weight is 992 g/mol. The predicted octanol–water partition coefficient (Wildman–Crippen LogP) is 11.4. The molecule has 0 aliphatic carbocycles. The molecule has 1 aromatic rings. The smallest absolute Gasteiger partial charge is 0.329 e. The van der Waals surface area contributed by atoms with Crippen LogP contribution in [0.15, 0.2) is 18.7 Å². The molecule has 0 saturated heterocycles. The van der Waals surface area contributed by atoms with E-state index in [2.05, 4.69) is 32.7 Å². The van der Waals surface area contributed by atoms with Crippen molar-refractivity contribution in [2.75, 3.05) is 52.7 Å². The minimum Gasteiger partial charge on any atom is -0.465 e. The summed E-state index contributed by atoms with van der Waals surface area (Å²) in [7, 11) is 0. The zero-order chi connectivity index (χ0) is 51.7. The summed E-state index contributed by atoms with van der Waals surface area (Å²) in [4.78, 5) is 95.6. The van der Waals surface area contributed by atoms with Crippen LogP contribution in [0.4, 0.5) is 4.79 Å². The normalized spacial score (nSPS) is 11.5. The van der Waals surface area contributed by atoms with Crippen LogP contribution in [0.2, 0.25) is 0 Å². The van der Waals surface area contributed by atoms with Crippen molar-refractivity contribution in [1.29, 1.82) is 0 Å². The van der Waals surface area contributed by atoms with E-state index in [0.717, 1.165) is 128 Å². The molecule has 0 aliphatic heterocycles. The van der Waals surface area contributed by atoms with Crippen LogP contribution < -0.4 is 0 Å². The van der Waals surface area contributed by atoms with Crippen molar-refractivity contribution < 1.29 is 62.0 Å². The van der Waals surface area contributed by atoms with E-state index in [4.69, 9.17) is 28.4 Å². The fraction of sp³-hybridized carbons (Fsp3) is 0.815. The van der Waals surface area contributed by atoms with E-state index >= 15 is 0 Å². The third-order valence-electron chi connectivity index (χ3n) is 12.0. The summed E-state index contributed by atoms with van der Waals surface area (Å²) in [5.41, 5.74) is -1.95. The predicted molar refractivity (Wildman–Crippen MR) is 269 cm³/mol. The minimum absolute atomic E-state index is 0.0353. The number of amides is 1. The molecule has 0 fully saturated rings. The molecule has 0 aliphatic rings. The van der Waals surface area contributed by atoms with E-state index in [1.54, 1.807) is 13.8 Å². The lowest BCUT2D eigenvalue weighted by molar-refractivity contribution is -0.163. The molecule has 1 aromatic heterocycles. The number of ether oxygens (including phenoxy) is 6. The van der Waals surface area contributed by atoms with Crippen molar-refractivity contribution >= 4 is 41.8 Å². The second kappa shape index (κ2) is 40.1. The molecule has 402 valence electrons. The van der Waals surface area contributed by atoms with Crippen LogP contribution in [0, 0.1) is 10.8 Å². The highest BCUT2D eigenvalue weighted by Crippen LogP contribution is 2.23. The van der Waals surface area contributed by atoms with Gasteiger partial charge in [-0.1, -0.05) is 130 Å². The van der Waals surface area contributed by atoms with Crippen LogP contribution in [-0.2, 0) is 57.2 Å². The van der Waals surface area contributed by atoms with Crippen molar-refractivity contribution in [2.24, 2.45) is 10.8 Å². The Balaban J connectivity index is 2.85. The molecule has 16 nitrogen and oxygen atoms in total. The van der Waals surface area contributed by atoms with Crippen LogP contribution in [0.25, 0.3) is 0 Å². The van der Waals surface area contributed by atoms with Gasteiger partial charge in [0, 0.05) is 64.0 Å². The molecule has 0 bridgehead atoms. The Morgan fingerprint density at radius 1 is 0.400 bits per heavy atom. The third kappa shape index (κ3) is 33.2. The SMILES string of the molecule is CCCCCCCC(=O)OCC(C)(COC(=O)CCCCCCC)COC(=O)CCCN(CCCC(=O)OCC(C)(COC(=O)CCCCCCC)COC(=O)CCCCCCC)C(=O)n1ccnc1. The topological polar surface area (TPSA) is 196 Å². The second-order valence-corrected chi connectivity index (χ2v) is 19.7. The summed E-state index contributed by atoms with van der Waals surface area (Å²) < 4.78 is 35.1. The van der Waals surface area contributed by atoms with Crippen LogP contribution in [0.5, 0.6) is 0 Å².